The van der Waals surface area contributed by atoms with Crippen LogP contribution >= 0.6 is 15.9 Å². The molecule has 1 aliphatic heterocycles. The number of halogens is 1. The van der Waals surface area contributed by atoms with Crippen molar-refractivity contribution >= 4 is 15.9 Å². The Hall–Kier alpha value is 0.140. The lowest BCUT2D eigenvalue weighted by atomic mass is 9.47. The van der Waals surface area contributed by atoms with Crippen LogP contribution in [-0.4, -0.2) is 24.3 Å². The van der Waals surface area contributed by atoms with Crippen molar-refractivity contribution in [3.63, 3.8) is 0 Å². The van der Waals surface area contributed by atoms with E-state index in [1.54, 1.807) is 5.57 Å². The van der Waals surface area contributed by atoms with E-state index in [-0.39, 0.29) is 6.29 Å². The van der Waals surface area contributed by atoms with Crippen molar-refractivity contribution in [2.75, 3.05) is 11.9 Å². The zero-order valence-electron chi connectivity index (χ0n) is 22.3. The molecule has 4 aliphatic carbocycles. The number of allylic oxidation sites excluding steroid dienone is 1. The molecule has 1 saturated heterocycles. The van der Waals surface area contributed by atoms with Crippen molar-refractivity contribution in [1.82, 2.24) is 0 Å². The number of hydrogen-bond acceptors (Lipinski definition) is 2. The molecule has 0 bridgehead atoms. The summed E-state index contributed by atoms with van der Waals surface area (Å²) in [6, 6.07) is 0. The van der Waals surface area contributed by atoms with Crippen LogP contribution in [0, 0.1) is 40.4 Å². The first-order valence-corrected chi connectivity index (χ1v) is 16.1. The molecule has 194 valence electrons. The van der Waals surface area contributed by atoms with Crippen LogP contribution in [0.4, 0.5) is 0 Å². The van der Waals surface area contributed by atoms with Crippen LogP contribution in [0.3, 0.4) is 0 Å². The highest BCUT2D eigenvalue weighted by molar-refractivity contribution is 9.09. The van der Waals surface area contributed by atoms with Crippen LogP contribution in [-0.2, 0) is 9.47 Å². The van der Waals surface area contributed by atoms with Gasteiger partial charge in [0, 0.05) is 17.4 Å². The van der Waals surface area contributed by atoms with Gasteiger partial charge in [-0.15, -0.1) is 0 Å². The van der Waals surface area contributed by atoms with Gasteiger partial charge < -0.3 is 9.47 Å². The van der Waals surface area contributed by atoms with Crippen molar-refractivity contribution in [1.29, 1.82) is 0 Å². The molecule has 0 aromatic rings. The van der Waals surface area contributed by atoms with Gasteiger partial charge in [0.05, 0.1) is 6.10 Å². The van der Waals surface area contributed by atoms with E-state index in [9.17, 15) is 0 Å². The Kier molecular flexibility index (Phi) is 8.23. The maximum absolute atomic E-state index is 6.49. The zero-order valence-corrected chi connectivity index (χ0v) is 23.9. The van der Waals surface area contributed by atoms with Crippen molar-refractivity contribution in [2.45, 2.75) is 129 Å². The molecule has 5 aliphatic rings. The van der Waals surface area contributed by atoms with E-state index in [1.165, 1.54) is 83.5 Å². The standard InChI is InChI=1S/C31H51BrO2/c1-22(2)8-4-5-9-23-12-14-27-26-13-11-24-20-25(34-29-10-6-7-19-33-29)15-18-31(24,21-32)28(26)16-17-30(23,27)3/h11,22-23,25-29H,4-10,12-21H2,1-3H3. The maximum Gasteiger partial charge on any atom is 0.157 e. The lowest BCUT2D eigenvalue weighted by Gasteiger charge is -2.59. The van der Waals surface area contributed by atoms with E-state index in [1.807, 2.05) is 0 Å². The van der Waals surface area contributed by atoms with Gasteiger partial charge in [0.15, 0.2) is 6.29 Å². The predicted octanol–water partition coefficient (Wildman–Crippen LogP) is 9.07. The van der Waals surface area contributed by atoms with Crippen molar-refractivity contribution < 1.29 is 9.47 Å². The van der Waals surface area contributed by atoms with E-state index in [2.05, 4.69) is 42.8 Å². The number of hydrogen-bond donors (Lipinski definition) is 0. The van der Waals surface area contributed by atoms with Gasteiger partial charge in [0.25, 0.3) is 0 Å². The summed E-state index contributed by atoms with van der Waals surface area (Å²) in [6.45, 7) is 8.35. The average molecular weight is 536 g/mol. The van der Waals surface area contributed by atoms with Gasteiger partial charge in [0.2, 0.25) is 0 Å². The number of unbranched alkanes of at least 4 members (excludes halogenated alkanes) is 1. The minimum absolute atomic E-state index is 0.0542. The average Bonchev–Trinajstić information content (AvgIpc) is 3.18. The second kappa shape index (κ2) is 10.9. The fourth-order valence-corrected chi connectivity index (χ4v) is 10.4. The molecule has 0 aromatic heterocycles. The molecule has 0 amide bonds. The van der Waals surface area contributed by atoms with E-state index < -0.39 is 0 Å². The third-order valence-corrected chi connectivity index (χ3v) is 12.3. The van der Waals surface area contributed by atoms with Crippen LogP contribution in [0.1, 0.15) is 117 Å². The van der Waals surface area contributed by atoms with Crippen LogP contribution in [0.15, 0.2) is 11.6 Å². The summed E-state index contributed by atoms with van der Waals surface area (Å²) in [5.74, 6) is 4.60. The summed E-state index contributed by atoms with van der Waals surface area (Å²) in [6.07, 6.45) is 23.4. The quantitative estimate of drug-likeness (QED) is 0.175. The molecule has 1 heterocycles. The summed E-state index contributed by atoms with van der Waals surface area (Å²) >= 11 is 4.07. The molecule has 3 saturated carbocycles. The maximum atomic E-state index is 6.49. The molecule has 3 heteroatoms. The predicted molar refractivity (Wildman–Crippen MR) is 145 cm³/mol. The first-order valence-electron chi connectivity index (χ1n) is 15.0. The molecule has 34 heavy (non-hydrogen) atoms. The highest BCUT2D eigenvalue weighted by atomic mass is 79.9. The summed E-state index contributed by atoms with van der Waals surface area (Å²) in [4.78, 5) is 0. The Bertz CT molecular complexity index is 712. The summed E-state index contributed by atoms with van der Waals surface area (Å²) in [5.41, 5.74) is 2.74. The van der Waals surface area contributed by atoms with Crippen molar-refractivity contribution in [2.24, 2.45) is 40.4 Å². The van der Waals surface area contributed by atoms with E-state index in [0.29, 0.717) is 16.9 Å². The smallest absolute Gasteiger partial charge is 0.157 e. The van der Waals surface area contributed by atoms with Gasteiger partial charge in [0.1, 0.15) is 0 Å². The van der Waals surface area contributed by atoms with Gasteiger partial charge >= 0.3 is 0 Å². The molecule has 4 fully saturated rings. The summed E-state index contributed by atoms with van der Waals surface area (Å²) in [7, 11) is 0. The Morgan fingerprint density at radius 3 is 2.71 bits per heavy atom. The Morgan fingerprint density at radius 1 is 1.06 bits per heavy atom. The second-order valence-electron chi connectivity index (χ2n) is 13.4. The Balaban J connectivity index is 1.25. The largest absolute Gasteiger partial charge is 0.353 e. The number of alkyl halides is 1. The van der Waals surface area contributed by atoms with Crippen LogP contribution in [0.5, 0.6) is 0 Å². The topological polar surface area (TPSA) is 18.5 Å². The van der Waals surface area contributed by atoms with Crippen molar-refractivity contribution in [3.8, 4) is 0 Å². The van der Waals surface area contributed by atoms with Crippen LogP contribution in [0.25, 0.3) is 0 Å². The molecular formula is C31H51BrO2. The Labute approximate surface area is 218 Å². The lowest BCUT2D eigenvalue weighted by molar-refractivity contribution is -0.195. The molecule has 8 atom stereocenters. The first kappa shape index (κ1) is 25.8. The lowest BCUT2D eigenvalue weighted by Crippen LogP contribution is -2.52. The fraction of sp³-hybridized carbons (Fsp3) is 0.935. The molecule has 2 nitrogen and oxygen atoms in total. The first-order chi connectivity index (χ1) is 16.5. The van der Waals surface area contributed by atoms with Gasteiger partial charge in [-0.1, -0.05) is 67.6 Å². The molecule has 0 radical (unpaired) electrons. The van der Waals surface area contributed by atoms with Crippen molar-refractivity contribution in [3.05, 3.63) is 11.6 Å². The normalized spacial score (nSPS) is 44.3. The van der Waals surface area contributed by atoms with E-state index in [0.717, 1.165) is 54.4 Å². The third kappa shape index (κ3) is 4.85. The van der Waals surface area contributed by atoms with Crippen LogP contribution in [0.2, 0.25) is 0 Å². The number of fused-ring (bicyclic) bond motifs is 5. The second-order valence-corrected chi connectivity index (χ2v) is 14.0. The SMILES string of the molecule is CC(C)CCCCC1CCC2C3CC=C4CC(OC5CCCCO5)CCC4(CBr)C3CCC12C. The minimum atomic E-state index is 0.0542. The summed E-state index contributed by atoms with van der Waals surface area (Å²) < 4.78 is 12.4. The zero-order chi connectivity index (χ0) is 23.8. The highest BCUT2D eigenvalue weighted by Crippen LogP contribution is 2.67. The fourth-order valence-electron chi connectivity index (χ4n) is 9.35. The Morgan fingerprint density at radius 2 is 1.94 bits per heavy atom. The molecule has 5 rings (SSSR count). The monoisotopic (exact) mass is 534 g/mol. The molecular weight excluding hydrogens is 484 g/mol. The molecule has 0 aromatic carbocycles. The van der Waals surface area contributed by atoms with Gasteiger partial charge in [-0.05, 0) is 112 Å². The number of rotatable bonds is 8. The van der Waals surface area contributed by atoms with E-state index >= 15 is 0 Å². The minimum Gasteiger partial charge on any atom is -0.353 e. The molecule has 0 spiro atoms. The highest BCUT2D eigenvalue weighted by Gasteiger charge is 2.59. The van der Waals surface area contributed by atoms with Gasteiger partial charge in [-0.25, -0.2) is 0 Å². The van der Waals surface area contributed by atoms with Gasteiger partial charge in [-0.2, -0.15) is 0 Å². The molecule has 0 N–H and O–H groups in total. The summed E-state index contributed by atoms with van der Waals surface area (Å²) in [5, 5.41) is 1.15. The third-order valence-electron chi connectivity index (χ3n) is 11.3. The van der Waals surface area contributed by atoms with Gasteiger partial charge in [-0.3, -0.25) is 0 Å². The number of ether oxygens (including phenoxy) is 2. The molecule has 8 unspecified atom stereocenters. The van der Waals surface area contributed by atoms with E-state index in [4.69, 9.17) is 9.47 Å². The van der Waals surface area contributed by atoms with Crippen LogP contribution < -0.4 is 0 Å².